The number of aliphatic hydroxyl groups is 1. The first kappa shape index (κ1) is 72.2. The third-order valence-corrected chi connectivity index (χ3v) is 13.4. The molecule has 2 saturated carbocycles. The van der Waals surface area contributed by atoms with Crippen LogP contribution in [0.3, 0.4) is 0 Å². The molecule has 3 aromatic carbocycles. The van der Waals surface area contributed by atoms with Gasteiger partial charge in [0.15, 0.2) is 0 Å². The fourth-order valence-corrected chi connectivity index (χ4v) is 9.01. The van der Waals surface area contributed by atoms with Gasteiger partial charge in [0.2, 0.25) is 0 Å². The predicted molar refractivity (Wildman–Crippen MR) is 274 cm³/mol. The van der Waals surface area contributed by atoms with Crippen molar-refractivity contribution in [2.75, 3.05) is 26.4 Å². The van der Waals surface area contributed by atoms with Crippen LogP contribution in [-0.2, 0) is 38.6 Å². The van der Waals surface area contributed by atoms with E-state index in [0.717, 1.165) is 54.3 Å². The number of carbonyl (C=O) groups is 3. The van der Waals surface area contributed by atoms with Gasteiger partial charge in [-0.05, 0) is 157 Å². The van der Waals surface area contributed by atoms with Crippen LogP contribution < -0.4 is 34.9 Å². The third kappa shape index (κ3) is 26.1. The first-order valence-electron chi connectivity index (χ1n) is 24.4. The molecule has 0 bridgehead atoms. The van der Waals surface area contributed by atoms with Gasteiger partial charge in [-0.2, -0.15) is 21.6 Å². The number of aliphatic hydroxyl groups excluding tert-OH is 1. The molecule has 3 aromatic rings. The maximum absolute atomic E-state index is 13.3. The monoisotopic (exact) mass is 1190 g/mol. The maximum Gasteiger partial charge on any atom is 1.00 e. The van der Waals surface area contributed by atoms with E-state index in [2.05, 4.69) is 10.1 Å². The molecular formula is C52H69Cl3F6NNaO13S. The fourth-order valence-electron chi connectivity index (χ4n) is 8.35. The van der Waals surface area contributed by atoms with Crippen LogP contribution in [0.25, 0.3) is 0 Å². The van der Waals surface area contributed by atoms with Crippen molar-refractivity contribution in [1.82, 2.24) is 5.32 Å². The average molecular weight is 1190 g/mol. The Bertz CT molecular complexity index is 2280. The van der Waals surface area contributed by atoms with Crippen molar-refractivity contribution in [3.8, 4) is 0 Å². The zero-order chi connectivity index (χ0) is 56.3. The Morgan fingerprint density at radius 3 is 1.56 bits per heavy atom. The third-order valence-electron chi connectivity index (χ3n) is 11.7. The molecule has 1 saturated heterocycles. The molecule has 8 rings (SSSR count). The van der Waals surface area contributed by atoms with Crippen molar-refractivity contribution in [3.63, 3.8) is 0 Å². The summed E-state index contributed by atoms with van der Waals surface area (Å²) in [6, 6.07) is 16.0. The minimum Gasteiger partial charge on any atom is -0.870 e. The SMILES string of the molecule is CC(C)(C)OC(=O)OC(=O)OC(C)(C)C.Fc1ccc2c(c1)C(Cl)COC2C1CCCC1.Fc1ccc2c(c1)C(Cl)COC2[C@@H]1CCCN1.O=CC1CCCC1.O=S(=O)(O)C(F)(F)F.OCC(Cl)c1cccc(F)c1.[Na+].[OH-]. The standard InChI is InChI=1S/C14H16ClFO.C13H15ClFNO.C10H18O5.C8H8ClFO.C6H10O.CHF3O3S.Na.H2O/c15-13-8-17-14(9-3-1-2-4-9)11-6-5-10(16)7-12(11)13;14-11-7-17-13(12-2-1-5-16-12)9-4-3-8(15)6-10(9)11;1-9(2,3)14-7(11)13-8(12)15-10(4,5)6;9-8(5-11)6-2-1-3-7(10)4-6;7-5-6-3-1-2-4-6;2-1(3,4)8(5,6)7;;/h5-7,9,13-14H,1-4,8H2;3-4,6,11-13,16H,1-2,5,7H2;1-6H3;1-4,8,11H,5H2;5-6H,1-4H2;(H,5,6,7);;1H2/q;;;;;;+1;/p-1/t;11?,12-,13?;;;;;;/m.0....../s1. The van der Waals surface area contributed by atoms with E-state index >= 15 is 0 Å². The van der Waals surface area contributed by atoms with Gasteiger partial charge in [-0.3, -0.25) is 4.55 Å². The van der Waals surface area contributed by atoms with Gasteiger partial charge in [0.1, 0.15) is 34.9 Å². The Morgan fingerprint density at radius 2 is 1.17 bits per heavy atom. The Kier molecular flexibility index (Phi) is 31.8. The van der Waals surface area contributed by atoms with Crippen molar-refractivity contribution in [2.24, 2.45) is 11.8 Å². The number of nitrogens with one attached hydrogen (secondary N) is 1. The topological polar surface area (TPSA) is 214 Å². The molecule has 0 aromatic heterocycles. The predicted octanol–water partition coefficient (Wildman–Crippen LogP) is 10.9. The molecule has 0 amide bonds. The smallest absolute Gasteiger partial charge is 0.870 e. The summed E-state index contributed by atoms with van der Waals surface area (Å²) in [6.07, 6.45) is 11.2. The van der Waals surface area contributed by atoms with Gasteiger partial charge in [0.25, 0.3) is 0 Å². The summed E-state index contributed by atoms with van der Waals surface area (Å²) in [5.41, 5.74) is -2.37. The van der Waals surface area contributed by atoms with Crippen molar-refractivity contribution in [1.29, 1.82) is 0 Å². The Morgan fingerprint density at radius 1 is 0.727 bits per heavy atom. The zero-order valence-electron chi connectivity index (χ0n) is 44.1. The van der Waals surface area contributed by atoms with Crippen LogP contribution in [-0.4, -0.2) is 91.3 Å². The molecule has 430 valence electrons. The number of hydrogen-bond donors (Lipinski definition) is 3. The second-order valence-corrected chi connectivity index (χ2v) is 23.1. The molecule has 3 heterocycles. The first-order chi connectivity index (χ1) is 34.9. The van der Waals surface area contributed by atoms with E-state index in [1.54, 1.807) is 59.7 Å². The van der Waals surface area contributed by atoms with Crippen LogP contribution in [0.1, 0.15) is 162 Å². The minimum atomic E-state index is -5.84. The molecule has 2 aliphatic carbocycles. The van der Waals surface area contributed by atoms with Gasteiger partial charge in [0, 0.05) is 12.0 Å². The summed E-state index contributed by atoms with van der Waals surface area (Å²) >= 11 is 18.0. The van der Waals surface area contributed by atoms with Crippen molar-refractivity contribution in [3.05, 3.63) is 106 Å². The summed E-state index contributed by atoms with van der Waals surface area (Å²) in [7, 11) is -5.84. The average Bonchev–Trinajstić information content (AvgIpc) is 4.15. The van der Waals surface area contributed by atoms with E-state index in [0.29, 0.717) is 36.7 Å². The van der Waals surface area contributed by atoms with Crippen LogP contribution >= 0.6 is 34.8 Å². The molecule has 5 unspecified atom stereocenters. The minimum absolute atomic E-state index is 0. The normalized spacial score (nSPS) is 21.3. The van der Waals surface area contributed by atoms with Crippen LogP contribution in [0, 0.1) is 29.3 Å². The second-order valence-electron chi connectivity index (χ2n) is 20.1. The summed E-state index contributed by atoms with van der Waals surface area (Å²) < 4.78 is 122. The van der Waals surface area contributed by atoms with Gasteiger partial charge in [-0.1, -0.05) is 49.9 Å². The molecular weight excluding hydrogens is 1120 g/mol. The van der Waals surface area contributed by atoms with E-state index in [1.165, 1.54) is 75.3 Å². The quantitative estimate of drug-likeness (QED) is 0.0317. The summed E-state index contributed by atoms with van der Waals surface area (Å²) in [5.74, 6) is 0.237. The van der Waals surface area contributed by atoms with E-state index in [9.17, 15) is 40.7 Å². The Hall–Kier alpha value is -2.77. The molecule has 4 N–H and O–H groups in total. The number of carbonyl (C=O) groups excluding carboxylic acids is 3. The number of alkyl halides is 6. The van der Waals surface area contributed by atoms with Crippen LogP contribution in [0.4, 0.5) is 35.9 Å². The number of hydrogen-bond acceptors (Lipinski definition) is 13. The van der Waals surface area contributed by atoms with E-state index in [1.807, 2.05) is 12.1 Å². The van der Waals surface area contributed by atoms with Crippen LogP contribution in [0.15, 0.2) is 60.7 Å². The van der Waals surface area contributed by atoms with Gasteiger partial charge >= 0.3 is 57.5 Å². The summed E-state index contributed by atoms with van der Waals surface area (Å²) in [6.45, 7) is 11.8. The fraction of sp³-hybridized carbons (Fsp3) is 0.596. The number of aldehydes is 1. The molecule has 25 heteroatoms. The number of benzene rings is 3. The van der Waals surface area contributed by atoms with Gasteiger partial charge in [-0.25, -0.2) is 22.8 Å². The van der Waals surface area contributed by atoms with Gasteiger partial charge in [-0.15, -0.1) is 34.8 Å². The molecule has 0 spiro atoms. The van der Waals surface area contributed by atoms with Gasteiger partial charge < -0.3 is 44.4 Å². The second kappa shape index (κ2) is 33.9. The van der Waals surface area contributed by atoms with Crippen molar-refractivity contribution in [2.45, 2.75) is 157 Å². The molecule has 6 atom stereocenters. The van der Waals surface area contributed by atoms with Gasteiger partial charge in [0.05, 0.1) is 48.2 Å². The van der Waals surface area contributed by atoms with Crippen LogP contribution in [0.5, 0.6) is 0 Å². The number of rotatable bonds is 5. The Balaban J connectivity index is 0.000000472. The van der Waals surface area contributed by atoms with Crippen LogP contribution in [0.2, 0.25) is 0 Å². The molecule has 5 aliphatic rings. The number of fused-ring (bicyclic) bond motifs is 2. The molecule has 3 fully saturated rings. The maximum atomic E-state index is 13.3. The summed E-state index contributed by atoms with van der Waals surface area (Å²) in [4.78, 5) is 32.0. The zero-order valence-corrected chi connectivity index (χ0v) is 49.2. The van der Waals surface area contributed by atoms with Crippen molar-refractivity contribution >= 4 is 63.5 Å². The molecule has 14 nitrogen and oxygen atoms in total. The molecule has 3 aliphatic heterocycles. The van der Waals surface area contributed by atoms with E-state index in [-0.39, 0.29) is 82.1 Å². The molecule has 77 heavy (non-hydrogen) atoms. The first-order valence-corrected chi connectivity index (χ1v) is 27.1. The number of ether oxygens (including phenoxy) is 5. The van der Waals surface area contributed by atoms with E-state index in [4.69, 9.17) is 71.8 Å². The van der Waals surface area contributed by atoms with E-state index < -0.39 is 44.5 Å². The molecule has 0 radical (unpaired) electrons. The largest absolute Gasteiger partial charge is 1.00 e. The number of halogens is 9. The Labute approximate surface area is 484 Å². The van der Waals surface area contributed by atoms with Crippen molar-refractivity contribution < 1.29 is 118 Å². The summed E-state index contributed by atoms with van der Waals surface area (Å²) in [5, 5.41) is 11.1.